The lowest BCUT2D eigenvalue weighted by Crippen LogP contribution is -2.08. The number of fused-ring (bicyclic) bond motifs is 1. The number of rotatable bonds is 5. The van der Waals surface area contributed by atoms with E-state index in [1.807, 2.05) is 63.2 Å². The van der Waals surface area contributed by atoms with Crippen LogP contribution in [-0.2, 0) is 4.79 Å². The van der Waals surface area contributed by atoms with Crippen LogP contribution >= 0.6 is 0 Å². The molecule has 1 heterocycles. The fourth-order valence-corrected chi connectivity index (χ4v) is 2.40. The fraction of sp³-hybridized carbons (Fsp3) is 0.250. The zero-order valence-corrected chi connectivity index (χ0v) is 15.5. The van der Waals surface area contributed by atoms with Gasteiger partial charge in [-0.15, -0.1) is 0 Å². The van der Waals surface area contributed by atoms with Gasteiger partial charge < -0.3 is 15.4 Å². The van der Waals surface area contributed by atoms with Crippen LogP contribution in [0.2, 0.25) is 0 Å². The molecule has 3 rings (SSSR count). The molecule has 0 fully saturated rings. The van der Waals surface area contributed by atoms with Gasteiger partial charge in [-0.3, -0.25) is 4.79 Å². The molecule has 0 radical (unpaired) electrons. The van der Waals surface area contributed by atoms with Crippen LogP contribution < -0.4 is 15.4 Å². The summed E-state index contributed by atoms with van der Waals surface area (Å²) >= 11 is 0. The van der Waals surface area contributed by atoms with E-state index in [0.717, 1.165) is 16.6 Å². The zero-order chi connectivity index (χ0) is 18.9. The zero-order valence-electron chi connectivity index (χ0n) is 15.5. The predicted molar refractivity (Wildman–Crippen MR) is 106 cm³/mol. The number of para-hydroxylation sites is 1. The van der Waals surface area contributed by atoms with E-state index in [0.29, 0.717) is 23.9 Å². The number of hydrogen-bond donors (Lipinski definition) is 2. The summed E-state index contributed by atoms with van der Waals surface area (Å²) in [7, 11) is 0. The molecule has 0 saturated heterocycles. The van der Waals surface area contributed by atoms with E-state index in [-0.39, 0.29) is 5.91 Å². The van der Waals surface area contributed by atoms with Crippen molar-refractivity contribution in [3.05, 3.63) is 48.8 Å². The van der Waals surface area contributed by atoms with Crippen molar-refractivity contribution in [1.82, 2.24) is 9.97 Å². The summed E-state index contributed by atoms with van der Waals surface area (Å²) in [4.78, 5) is 20.1. The average Bonchev–Trinajstić information content (AvgIpc) is 2.65. The second-order valence-electron chi connectivity index (χ2n) is 5.19. The summed E-state index contributed by atoms with van der Waals surface area (Å²) in [5.74, 6) is 1.09. The summed E-state index contributed by atoms with van der Waals surface area (Å²) in [6, 6.07) is 13.4. The number of amides is 1. The Morgan fingerprint density at radius 3 is 2.50 bits per heavy atom. The van der Waals surface area contributed by atoms with E-state index in [1.54, 1.807) is 0 Å². The highest BCUT2D eigenvalue weighted by molar-refractivity contribution is 5.99. The average molecular weight is 352 g/mol. The van der Waals surface area contributed by atoms with Gasteiger partial charge >= 0.3 is 0 Å². The predicted octanol–water partition coefficient (Wildman–Crippen LogP) is 4.76. The molecular formula is C20H24N4O2. The first-order valence-corrected chi connectivity index (χ1v) is 8.68. The molecule has 0 atom stereocenters. The summed E-state index contributed by atoms with van der Waals surface area (Å²) in [6.07, 6.45) is 1.50. The second kappa shape index (κ2) is 9.36. The van der Waals surface area contributed by atoms with Gasteiger partial charge in [-0.2, -0.15) is 0 Å². The van der Waals surface area contributed by atoms with E-state index in [4.69, 9.17) is 4.74 Å². The molecule has 0 aliphatic rings. The van der Waals surface area contributed by atoms with Crippen LogP contribution in [0.1, 0.15) is 27.7 Å². The number of hydrogen-bond acceptors (Lipinski definition) is 5. The van der Waals surface area contributed by atoms with Gasteiger partial charge in [0.15, 0.2) is 0 Å². The Morgan fingerprint density at radius 2 is 1.85 bits per heavy atom. The number of anilines is 3. The smallest absolute Gasteiger partial charge is 0.221 e. The quantitative estimate of drug-likeness (QED) is 0.692. The van der Waals surface area contributed by atoms with E-state index in [2.05, 4.69) is 20.6 Å². The molecule has 1 amide bonds. The van der Waals surface area contributed by atoms with Gasteiger partial charge in [-0.25, -0.2) is 9.97 Å². The Morgan fingerprint density at radius 1 is 1.12 bits per heavy atom. The molecule has 0 bridgehead atoms. The summed E-state index contributed by atoms with van der Waals surface area (Å²) in [6.45, 7) is 7.85. The van der Waals surface area contributed by atoms with Crippen molar-refractivity contribution in [3.63, 3.8) is 0 Å². The molecule has 26 heavy (non-hydrogen) atoms. The van der Waals surface area contributed by atoms with Crippen molar-refractivity contribution in [3.8, 4) is 5.75 Å². The number of ether oxygens (including phenoxy) is 1. The molecule has 1 aromatic heterocycles. The van der Waals surface area contributed by atoms with Gasteiger partial charge in [-0.1, -0.05) is 32.0 Å². The van der Waals surface area contributed by atoms with E-state index in [1.165, 1.54) is 13.3 Å². The molecule has 136 valence electrons. The third kappa shape index (κ3) is 4.69. The van der Waals surface area contributed by atoms with Gasteiger partial charge in [0.2, 0.25) is 5.91 Å². The minimum Gasteiger partial charge on any atom is -0.492 e. The Kier molecular flexibility index (Phi) is 6.91. The van der Waals surface area contributed by atoms with E-state index in [9.17, 15) is 4.79 Å². The first-order valence-electron chi connectivity index (χ1n) is 8.68. The topological polar surface area (TPSA) is 76.1 Å². The maximum absolute atomic E-state index is 11.5. The monoisotopic (exact) mass is 352 g/mol. The summed E-state index contributed by atoms with van der Waals surface area (Å²) in [5.41, 5.74) is 2.26. The third-order valence-electron chi connectivity index (χ3n) is 3.38. The van der Waals surface area contributed by atoms with Crippen molar-refractivity contribution in [2.75, 3.05) is 17.2 Å². The van der Waals surface area contributed by atoms with Gasteiger partial charge in [0.25, 0.3) is 0 Å². The van der Waals surface area contributed by atoms with Crippen molar-refractivity contribution in [1.29, 1.82) is 0 Å². The molecule has 0 aliphatic carbocycles. The molecule has 3 aromatic rings. The Bertz CT molecular complexity index is 866. The lowest BCUT2D eigenvalue weighted by Gasteiger charge is -2.14. The molecule has 6 heteroatoms. The number of benzene rings is 2. The maximum atomic E-state index is 11.5. The van der Waals surface area contributed by atoms with Crippen LogP contribution in [0.25, 0.3) is 10.9 Å². The summed E-state index contributed by atoms with van der Waals surface area (Å²) < 4.78 is 5.61. The SMILES string of the molecule is CC.CCOc1cc2ncnc(Nc3ccccc3)c2cc1NC(C)=O. The van der Waals surface area contributed by atoms with Gasteiger partial charge in [0.05, 0.1) is 17.8 Å². The minimum absolute atomic E-state index is 0.162. The van der Waals surface area contributed by atoms with Crippen LogP contribution in [-0.4, -0.2) is 22.5 Å². The molecule has 0 unspecified atom stereocenters. The van der Waals surface area contributed by atoms with Gasteiger partial charge in [0, 0.05) is 24.1 Å². The van der Waals surface area contributed by atoms with Gasteiger partial charge in [-0.05, 0) is 25.1 Å². The highest BCUT2D eigenvalue weighted by Crippen LogP contribution is 2.33. The molecular weight excluding hydrogens is 328 g/mol. The second-order valence-corrected chi connectivity index (χ2v) is 5.19. The standard InChI is InChI=1S/C18H18N4O2.C2H6/c1-3-24-17-10-15-14(9-16(17)21-12(2)23)18(20-11-19-15)22-13-7-5-4-6-8-13;1-2/h4-11H,3H2,1-2H3,(H,21,23)(H,19,20,22);1-2H3. The Labute approximate surface area is 153 Å². The molecule has 0 spiro atoms. The van der Waals surface area contributed by atoms with Crippen molar-refractivity contribution < 1.29 is 9.53 Å². The Balaban J connectivity index is 0.00000117. The number of carbonyl (C=O) groups is 1. The number of nitrogens with zero attached hydrogens (tertiary/aromatic N) is 2. The first-order chi connectivity index (χ1) is 12.7. The Hall–Kier alpha value is -3.15. The molecule has 6 nitrogen and oxygen atoms in total. The largest absolute Gasteiger partial charge is 0.492 e. The van der Waals surface area contributed by atoms with Crippen molar-refractivity contribution in [2.24, 2.45) is 0 Å². The lowest BCUT2D eigenvalue weighted by molar-refractivity contribution is -0.114. The van der Waals surface area contributed by atoms with E-state index >= 15 is 0 Å². The highest BCUT2D eigenvalue weighted by Gasteiger charge is 2.12. The van der Waals surface area contributed by atoms with Crippen LogP contribution in [0.3, 0.4) is 0 Å². The van der Waals surface area contributed by atoms with Crippen LogP contribution in [0.5, 0.6) is 5.75 Å². The van der Waals surface area contributed by atoms with Crippen LogP contribution in [0.15, 0.2) is 48.8 Å². The van der Waals surface area contributed by atoms with Crippen molar-refractivity contribution in [2.45, 2.75) is 27.7 Å². The minimum atomic E-state index is -0.162. The van der Waals surface area contributed by atoms with Crippen LogP contribution in [0.4, 0.5) is 17.2 Å². The highest BCUT2D eigenvalue weighted by atomic mass is 16.5. The van der Waals surface area contributed by atoms with Gasteiger partial charge in [0.1, 0.15) is 17.9 Å². The fourth-order valence-electron chi connectivity index (χ4n) is 2.40. The summed E-state index contributed by atoms with van der Waals surface area (Å²) in [5, 5.41) is 6.87. The molecule has 0 aliphatic heterocycles. The normalized spacial score (nSPS) is 9.85. The third-order valence-corrected chi connectivity index (χ3v) is 3.38. The molecule has 0 saturated carbocycles. The lowest BCUT2D eigenvalue weighted by atomic mass is 10.2. The van der Waals surface area contributed by atoms with Crippen molar-refractivity contribution >= 4 is 34.0 Å². The number of carbonyl (C=O) groups excluding carboxylic acids is 1. The van der Waals surface area contributed by atoms with E-state index < -0.39 is 0 Å². The van der Waals surface area contributed by atoms with Crippen LogP contribution in [0, 0.1) is 0 Å². The maximum Gasteiger partial charge on any atom is 0.221 e. The molecule has 2 N–H and O–H groups in total. The first kappa shape index (κ1) is 19.2. The molecule has 2 aromatic carbocycles. The number of nitrogens with one attached hydrogen (secondary N) is 2. The number of aromatic nitrogens is 2.